The number of fused-ring (bicyclic) bond motifs is 3. The van der Waals surface area contributed by atoms with Gasteiger partial charge in [-0.25, -0.2) is 13.2 Å². The highest BCUT2D eigenvalue weighted by Gasteiger charge is 2.16. The van der Waals surface area contributed by atoms with Crippen LogP contribution in [-0.4, -0.2) is 0 Å². The molecule has 1 aliphatic rings. The van der Waals surface area contributed by atoms with Gasteiger partial charge in [-0.3, -0.25) is 0 Å². The molecule has 3 aromatic carbocycles. The Bertz CT molecular complexity index is 1080. The molecule has 0 nitrogen and oxygen atoms in total. The monoisotopic (exact) mass is 362 g/mol. The second-order valence-corrected chi connectivity index (χ2v) is 6.72. The van der Waals surface area contributed by atoms with Gasteiger partial charge >= 0.3 is 0 Å². The van der Waals surface area contributed by atoms with Crippen molar-refractivity contribution >= 4 is 0 Å². The third-order valence-corrected chi connectivity index (χ3v) is 4.97. The Kier molecular flexibility index (Phi) is 4.49. The molecular weight excluding hydrogens is 345 g/mol. The van der Waals surface area contributed by atoms with Crippen molar-refractivity contribution in [3.8, 4) is 23.0 Å². The zero-order valence-electron chi connectivity index (χ0n) is 14.9. The maximum Gasteiger partial charge on any atom is 0.194 e. The highest BCUT2D eigenvalue weighted by molar-refractivity contribution is 5.74. The standard InChI is InChI=1S/C24H17F3/c1-2-15-5-9-20-18(11-15)7-8-19-12-16(6-10-21(19)20)3-4-17-13-22(25)24(27)23(26)14-17/h5-6,9-14H,2,7-8H2,1H3. The van der Waals surface area contributed by atoms with E-state index in [4.69, 9.17) is 0 Å². The molecule has 134 valence electrons. The minimum absolute atomic E-state index is 0.113. The molecule has 3 heteroatoms. The van der Waals surface area contributed by atoms with E-state index in [-0.39, 0.29) is 5.56 Å². The normalized spacial score (nSPS) is 12.0. The van der Waals surface area contributed by atoms with Gasteiger partial charge in [0, 0.05) is 11.1 Å². The van der Waals surface area contributed by atoms with Gasteiger partial charge in [0.1, 0.15) is 0 Å². The van der Waals surface area contributed by atoms with Gasteiger partial charge < -0.3 is 0 Å². The second kappa shape index (κ2) is 6.96. The van der Waals surface area contributed by atoms with Crippen molar-refractivity contribution in [3.63, 3.8) is 0 Å². The molecule has 0 amide bonds. The largest absolute Gasteiger partial charge is 0.204 e. The van der Waals surface area contributed by atoms with Crippen molar-refractivity contribution < 1.29 is 13.2 Å². The van der Waals surface area contributed by atoms with Crippen molar-refractivity contribution in [1.29, 1.82) is 0 Å². The lowest BCUT2D eigenvalue weighted by molar-refractivity contribution is 0.446. The third kappa shape index (κ3) is 3.36. The van der Waals surface area contributed by atoms with Crippen LogP contribution in [0, 0.1) is 29.3 Å². The molecule has 0 saturated carbocycles. The lowest BCUT2D eigenvalue weighted by atomic mass is 9.84. The van der Waals surface area contributed by atoms with Crippen molar-refractivity contribution in [3.05, 3.63) is 93.8 Å². The van der Waals surface area contributed by atoms with Crippen LogP contribution in [0.1, 0.15) is 34.7 Å². The van der Waals surface area contributed by atoms with Gasteiger partial charge in [-0.2, -0.15) is 0 Å². The van der Waals surface area contributed by atoms with E-state index in [9.17, 15) is 13.2 Å². The van der Waals surface area contributed by atoms with E-state index in [1.165, 1.54) is 27.8 Å². The minimum atomic E-state index is -1.47. The SMILES string of the molecule is CCc1ccc2c(c1)CCc1cc(C#Cc3cc(F)c(F)c(F)c3)ccc1-2. The smallest absolute Gasteiger partial charge is 0.194 e. The molecule has 3 aromatic rings. The average Bonchev–Trinajstić information content (AvgIpc) is 2.69. The fourth-order valence-electron chi connectivity index (χ4n) is 3.52. The van der Waals surface area contributed by atoms with Crippen LogP contribution in [0.15, 0.2) is 48.5 Å². The van der Waals surface area contributed by atoms with Crippen LogP contribution >= 0.6 is 0 Å². The van der Waals surface area contributed by atoms with Crippen LogP contribution in [0.5, 0.6) is 0 Å². The second-order valence-electron chi connectivity index (χ2n) is 6.72. The van der Waals surface area contributed by atoms with E-state index in [0.717, 1.165) is 37.0 Å². The quantitative estimate of drug-likeness (QED) is 0.377. The number of rotatable bonds is 1. The molecule has 1 aliphatic carbocycles. The van der Waals surface area contributed by atoms with E-state index < -0.39 is 17.5 Å². The van der Waals surface area contributed by atoms with Crippen LogP contribution < -0.4 is 0 Å². The zero-order chi connectivity index (χ0) is 19.0. The molecular formula is C24H17F3. The first-order valence-electron chi connectivity index (χ1n) is 8.97. The number of halogens is 3. The number of benzene rings is 3. The molecule has 27 heavy (non-hydrogen) atoms. The molecule has 0 radical (unpaired) electrons. The summed E-state index contributed by atoms with van der Waals surface area (Å²) in [6, 6.07) is 14.4. The van der Waals surface area contributed by atoms with Gasteiger partial charge in [0.25, 0.3) is 0 Å². The van der Waals surface area contributed by atoms with Crippen LogP contribution in [0.2, 0.25) is 0 Å². The molecule has 0 saturated heterocycles. The molecule has 0 N–H and O–H groups in total. The Labute approximate surface area is 156 Å². The minimum Gasteiger partial charge on any atom is -0.204 e. The fraction of sp³-hybridized carbons (Fsp3) is 0.167. The molecule has 0 aromatic heterocycles. The van der Waals surface area contributed by atoms with Crippen molar-refractivity contribution in [2.45, 2.75) is 26.2 Å². The number of aryl methyl sites for hydroxylation is 3. The number of hydrogen-bond donors (Lipinski definition) is 0. The van der Waals surface area contributed by atoms with Gasteiger partial charge in [-0.05, 0) is 71.3 Å². The van der Waals surface area contributed by atoms with Crippen LogP contribution in [-0.2, 0) is 19.3 Å². The summed E-state index contributed by atoms with van der Waals surface area (Å²) in [5, 5.41) is 0. The number of hydrogen-bond acceptors (Lipinski definition) is 0. The molecule has 0 unspecified atom stereocenters. The predicted molar refractivity (Wildman–Crippen MR) is 101 cm³/mol. The Balaban J connectivity index is 1.67. The van der Waals surface area contributed by atoms with Gasteiger partial charge in [-0.1, -0.05) is 43.0 Å². The molecule has 0 atom stereocenters. The molecule has 0 heterocycles. The summed E-state index contributed by atoms with van der Waals surface area (Å²) in [7, 11) is 0. The maximum absolute atomic E-state index is 13.3. The average molecular weight is 362 g/mol. The molecule has 0 bridgehead atoms. The van der Waals surface area contributed by atoms with E-state index in [1.54, 1.807) is 0 Å². The summed E-state index contributed by atoms with van der Waals surface area (Å²) >= 11 is 0. The highest BCUT2D eigenvalue weighted by atomic mass is 19.2. The highest BCUT2D eigenvalue weighted by Crippen LogP contribution is 2.34. The molecule has 4 rings (SSSR count). The Hall–Kier alpha value is -2.99. The topological polar surface area (TPSA) is 0 Å². The maximum atomic E-state index is 13.3. The van der Waals surface area contributed by atoms with Crippen LogP contribution in [0.4, 0.5) is 13.2 Å². The molecule has 0 aliphatic heterocycles. The summed E-state index contributed by atoms with van der Waals surface area (Å²) < 4.78 is 39.6. The fourth-order valence-corrected chi connectivity index (χ4v) is 3.52. The lowest BCUT2D eigenvalue weighted by Gasteiger charge is -2.20. The lowest BCUT2D eigenvalue weighted by Crippen LogP contribution is -2.05. The zero-order valence-corrected chi connectivity index (χ0v) is 14.9. The van der Waals surface area contributed by atoms with Gasteiger partial charge in [0.2, 0.25) is 0 Å². The summed E-state index contributed by atoms with van der Waals surface area (Å²) in [5.74, 6) is 1.70. The Morgan fingerprint density at radius 2 is 1.33 bits per heavy atom. The first kappa shape index (κ1) is 17.4. The van der Waals surface area contributed by atoms with Gasteiger partial charge in [0.05, 0.1) is 0 Å². The Morgan fingerprint density at radius 1 is 0.741 bits per heavy atom. The van der Waals surface area contributed by atoms with E-state index in [1.807, 2.05) is 12.1 Å². The first-order chi connectivity index (χ1) is 13.0. The molecule has 0 spiro atoms. The van der Waals surface area contributed by atoms with Gasteiger partial charge in [0.15, 0.2) is 17.5 Å². The van der Waals surface area contributed by atoms with E-state index >= 15 is 0 Å². The van der Waals surface area contributed by atoms with Crippen molar-refractivity contribution in [2.75, 3.05) is 0 Å². The van der Waals surface area contributed by atoms with Crippen LogP contribution in [0.3, 0.4) is 0 Å². The molecule has 0 fully saturated rings. The summed E-state index contributed by atoms with van der Waals surface area (Å²) in [5.41, 5.74) is 7.29. The van der Waals surface area contributed by atoms with E-state index in [0.29, 0.717) is 0 Å². The van der Waals surface area contributed by atoms with Crippen LogP contribution in [0.25, 0.3) is 11.1 Å². The third-order valence-electron chi connectivity index (χ3n) is 4.97. The Morgan fingerprint density at radius 3 is 2.00 bits per heavy atom. The summed E-state index contributed by atoms with van der Waals surface area (Å²) in [6.45, 7) is 2.16. The van der Waals surface area contributed by atoms with Gasteiger partial charge in [-0.15, -0.1) is 0 Å². The summed E-state index contributed by atoms with van der Waals surface area (Å²) in [4.78, 5) is 0. The first-order valence-corrected chi connectivity index (χ1v) is 8.97. The summed E-state index contributed by atoms with van der Waals surface area (Å²) in [6.07, 6.45) is 2.95. The van der Waals surface area contributed by atoms with Crippen molar-refractivity contribution in [2.24, 2.45) is 0 Å². The van der Waals surface area contributed by atoms with E-state index in [2.05, 4.69) is 43.0 Å². The predicted octanol–water partition coefficient (Wildman–Crippen LogP) is 5.83. The van der Waals surface area contributed by atoms with Crippen molar-refractivity contribution in [1.82, 2.24) is 0 Å².